The molecule has 1 N–H and O–H groups in total. The quantitative estimate of drug-likeness (QED) is 0.188. The van der Waals surface area contributed by atoms with E-state index in [0.717, 1.165) is 42.8 Å². The van der Waals surface area contributed by atoms with E-state index in [4.69, 9.17) is 19.2 Å². The van der Waals surface area contributed by atoms with Gasteiger partial charge < -0.3 is 33.6 Å². The van der Waals surface area contributed by atoms with Crippen molar-refractivity contribution < 1.29 is 19.0 Å². The van der Waals surface area contributed by atoms with E-state index < -0.39 is 5.97 Å². The van der Waals surface area contributed by atoms with Crippen molar-refractivity contribution >= 4 is 5.97 Å². The zero-order chi connectivity index (χ0) is 33.1. The van der Waals surface area contributed by atoms with E-state index in [0.29, 0.717) is 43.2 Å². The first kappa shape index (κ1) is 34.9. The van der Waals surface area contributed by atoms with Gasteiger partial charge in [0.25, 0.3) is 0 Å². The van der Waals surface area contributed by atoms with Crippen molar-refractivity contribution in [2.75, 3.05) is 53.0 Å². The van der Waals surface area contributed by atoms with Crippen molar-refractivity contribution in [3.63, 3.8) is 0 Å². The van der Waals surface area contributed by atoms with Gasteiger partial charge in [-0.3, -0.25) is 4.90 Å². The van der Waals surface area contributed by atoms with E-state index in [-0.39, 0.29) is 6.61 Å². The molecule has 3 aromatic rings. The molecule has 5 rings (SSSR count). The summed E-state index contributed by atoms with van der Waals surface area (Å²) in [5.41, 5.74) is 1.56. The number of methoxy groups -OCH3 is 1. The van der Waals surface area contributed by atoms with Crippen LogP contribution in [0.3, 0.4) is 0 Å². The minimum atomic E-state index is -0.409. The van der Waals surface area contributed by atoms with Crippen LogP contribution in [0.15, 0.2) is 43.0 Å². The number of likely N-dealkylation sites (tertiary alicyclic amines) is 2. The Balaban J connectivity index is 1.16. The number of benzene rings is 1. The van der Waals surface area contributed by atoms with E-state index in [1.165, 1.54) is 58.3 Å². The lowest BCUT2D eigenvalue weighted by Crippen LogP contribution is -2.45. The zero-order valence-electron chi connectivity index (χ0n) is 29.0. The average Bonchev–Trinajstić information content (AvgIpc) is 3.85. The van der Waals surface area contributed by atoms with Crippen LogP contribution in [-0.4, -0.2) is 99.3 Å². The van der Waals surface area contributed by atoms with Crippen molar-refractivity contribution in [3.05, 3.63) is 60.2 Å². The normalized spacial score (nSPS) is 16.8. The van der Waals surface area contributed by atoms with Gasteiger partial charge >= 0.3 is 5.97 Å². The first-order valence-electron chi connectivity index (χ1n) is 17.6. The summed E-state index contributed by atoms with van der Waals surface area (Å²) in [6, 6.07) is 6.59. The maximum atomic E-state index is 11.9. The topological polar surface area (TPSA) is 101 Å². The number of aromatic nitrogens is 4. The van der Waals surface area contributed by atoms with E-state index in [1.807, 2.05) is 30.6 Å². The van der Waals surface area contributed by atoms with Crippen molar-refractivity contribution in [2.24, 2.45) is 5.41 Å². The fourth-order valence-electron chi connectivity index (χ4n) is 7.45. The molecule has 2 aliphatic heterocycles. The highest BCUT2D eigenvalue weighted by Gasteiger charge is 2.40. The van der Waals surface area contributed by atoms with Gasteiger partial charge in [-0.05, 0) is 94.7 Å². The molecular formula is C36H55N7O4. The average molecular weight is 650 g/mol. The highest BCUT2D eigenvalue weighted by atomic mass is 16.6. The van der Waals surface area contributed by atoms with Gasteiger partial charge in [0, 0.05) is 50.5 Å². The molecule has 0 atom stereocenters. The minimum absolute atomic E-state index is 0.170. The van der Waals surface area contributed by atoms with E-state index >= 15 is 0 Å². The van der Waals surface area contributed by atoms with Crippen molar-refractivity contribution in [3.8, 4) is 11.5 Å². The molecule has 2 aromatic heterocycles. The van der Waals surface area contributed by atoms with E-state index in [1.54, 1.807) is 20.2 Å². The molecular weight excluding hydrogens is 594 g/mol. The van der Waals surface area contributed by atoms with Crippen LogP contribution in [0.2, 0.25) is 0 Å². The maximum absolute atomic E-state index is 11.9. The number of piperidine rings is 1. The zero-order valence-corrected chi connectivity index (χ0v) is 29.0. The second-order valence-electron chi connectivity index (χ2n) is 13.2. The van der Waals surface area contributed by atoms with Crippen LogP contribution in [0.1, 0.15) is 76.5 Å². The minimum Gasteiger partial charge on any atom is -0.493 e. The third-order valence-electron chi connectivity index (χ3n) is 10.1. The van der Waals surface area contributed by atoms with Crippen LogP contribution in [0.4, 0.5) is 0 Å². The lowest BCUT2D eigenvalue weighted by atomic mass is 9.77. The number of nitrogens with one attached hydrogen (secondary N) is 1. The molecule has 0 amide bonds. The Morgan fingerprint density at radius 1 is 1.00 bits per heavy atom. The molecule has 11 heteroatoms. The number of esters is 1. The summed E-state index contributed by atoms with van der Waals surface area (Å²) in [5, 5.41) is 0. The molecule has 0 saturated carbocycles. The summed E-state index contributed by atoms with van der Waals surface area (Å²) in [6.45, 7) is 15.6. The highest BCUT2D eigenvalue weighted by Crippen LogP contribution is 2.41. The standard InChI is InChI=1S/C36H55N7O4/c1-5-30(6-2)42-20-12-36(13-21-42)11-19-40(28-36)17-8-18-43-22-16-39-34(43)26-41(25-33-37-14-15-38-33)24-29-9-10-31(45-4)32(23-29)47-27-35(44)46-7-3/h9-10,14-16,22-23,30H,5-8,11-13,17-21,24-28H2,1-4H3,(H,37,38). The number of hydrogen-bond acceptors (Lipinski definition) is 9. The Kier molecular flexibility index (Phi) is 12.7. The van der Waals surface area contributed by atoms with Gasteiger partial charge in [-0.1, -0.05) is 19.9 Å². The van der Waals surface area contributed by atoms with Crippen LogP contribution < -0.4 is 9.47 Å². The lowest BCUT2D eigenvalue weighted by Gasteiger charge is -2.42. The Bertz CT molecular complexity index is 1370. The molecule has 4 heterocycles. The molecule has 258 valence electrons. The predicted octanol–water partition coefficient (Wildman–Crippen LogP) is 5.13. The fourth-order valence-corrected chi connectivity index (χ4v) is 7.45. The summed E-state index contributed by atoms with van der Waals surface area (Å²) in [6.07, 6.45) is 15.3. The number of carbonyl (C=O) groups excluding carboxylic acids is 1. The Hall–Kier alpha value is -3.41. The van der Waals surface area contributed by atoms with Gasteiger partial charge in [0.15, 0.2) is 18.1 Å². The molecule has 0 bridgehead atoms. The molecule has 0 aliphatic carbocycles. The Morgan fingerprint density at radius 3 is 2.53 bits per heavy atom. The number of aryl methyl sites for hydroxylation is 1. The molecule has 47 heavy (non-hydrogen) atoms. The van der Waals surface area contributed by atoms with Gasteiger partial charge in [-0.15, -0.1) is 0 Å². The number of imidazole rings is 2. The van der Waals surface area contributed by atoms with Crippen molar-refractivity contribution in [1.82, 2.24) is 34.2 Å². The lowest BCUT2D eigenvalue weighted by molar-refractivity contribution is -0.145. The Morgan fingerprint density at radius 2 is 1.81 bits per heavy atom. The first-order valence-corrected chi connectivity index (χ1v) is 17.6. The van der Waals surface area contributed by atoms with Crippen LogP contribution in [0.5, 0.6) is 11.5 Å². The number of ether oxygens (including phenoxy) is 3. The SMILES string of the molecule is CCOC(=O)COc1cc(CN(Cc2ncc[nH]2)Cc2nccn2CCCN2CCC3(CCN(C(CC)CC)CC3)C2)ccc1OC. The molecule has 11 nitrogen and oxygen atoms in total. The molecule has 1 aromatic carbocycles. The van der Waals surface area contributed by atoms with E-state index in [9.17, 15) is 4.79 Å². The second-order valence-corrected chi connectivity index (χ2v) is 13.2. The number of H-pyrrole nitrogens is 1. The monoisotopic (exact) mass is 649 g/mol. The van der Waals surface area contributed by atoms with Gasteiger partial charge in [0.05, 0.1) is 26.8 Å². The molecule has 0 unspecified atom stereocenters. The predicted molar refractivity (Wildman–Crippen MR) is 182 cm³/mol. The summed E-state index contributed by atoms with van der Waals surface area (Å²) < 4.78 is 18.6. The maximum Gasteiger partial charge on any atom is 0.344 e. The number of hydrogen-bond donors (Lipinski definition) is 1. The van der Waals surface area contributed by atoms with Crippen LogP contribution >= 0.6 is 0 Å². The Labute approximate surface area is 280 Å². The molecule has 0 radical (unpaired) electrons. The van der Waals surface area contributed by atoms with Crippen LogP contribution in [0.25, 0.3) is 0 Å². The molecule has 1 spiro atoms. The number of aromatic amines is 1. The molecule has 2 fully saturated rings. The second kappa shape index (κ2) is 17.1. The van der Waals surface area contributed by atoms with Crippen LogP contribution in [0, 0.1) is 5.41 Å². The van der Waals surface area contributed by atoms with Gasteiger partial charge in [-0.25, -0.2) is 14.8 Å². The number of nitrogens with zero attached hydrogens (tertiary/aromatic N) is 6. The van der Waals surface area contributed by atoms with Crippen molar-refractivity contribution in [1.29, 1.82) is 0 Å². The number of rotatable bonds is 18. The van der Waals surface area contributed by atoms with Crippen LogP contribution in [-0.2, 0) is 35.7 Å². The third-order valence-corrected chi connectivity index (χ3v) is 10.1. The van der Waals surface area contributed by atoms with E-state index in [2.05, 4.69) is 49.3 Å². The number of carbonyl (C=O) groups is 1. The molecule has 2 saturated heterocycles. The summed E-state index contributed by atoms with van der Waals surface area (Å²) in [4.78, 5) is 32.2. The van der Waals surface area contributed by atoms with Crippen molar-refractivity contribution in [2.45, 2.75) is 91.5 Å². The largest absolute Gasteiger partial charge is 0.493 e. The molecule has 2 aliphatic rings. The summed E-state index contributed by atoms with van der Waals surface area (Å²) in [7, 11) is 1.59. The smallest absolute Gasteiger partial charge is 0.344 e. The van der Waals surface area contributed by atoms with Gasteiger partial charge in [-0.2, -0.15) is 0 Å². The summed E-state index contributed by atoms with van der Waals surface area (Å²) >= 11 is 0. The van der Waals surface area contributed by atoms with Gasteiger partial charge in [0.1, 0.15) is 11.6 Å². The summed E-state index contributed by atoms with van der Waals surface area (Å²) in [5.74, 6) is 2.60. The fraction of sp³-hybridized carbons (Fsp3) is 0.639. The third kappa shape index (κ3) is 9.58. The first-order chi connectivity index (χ1) is 22.9. The van der Waals surface area contributed by atoms with Gasteiger partial charge in [0.2, 0.25) is 0 Å². The highest BCUT2D eigenvalue weighted by molar-refractivity contribution is 5.71.